The van der Waals surface area contributed by atoms with E-state index in [0.717, 1.165) is 13.0 Å². The van der Waals surface area contributed by atoms with E-state index in [4.69, 9.17) is 4.74 Å². The van der Waals surface area contributed by atoms with Crippen molar-refractivity contribution in [3.05, 3.63) is 16.6 Å². The van der Waals surface area contributed by atoms with Crippen molar-refractivity contribution in [3.8, 4) is 0 Å². The third kappa shape index (κ3) is 2.62. The molecule has 13 heavy (non-hydrogen) atoms. The zero-order chi connectivity index (χ0) is 9.68. The van der Waals surface area contributed by atoms with Crippen LogP contribution < -0.4 is 10.5 Å². The number of nitrogens with zero attached hydrogens (tertiary/aromatic N) is 1. The van der Waals surface area contributed by atoms with Crippen LogP contribution >= 0.6 is 0 Å². The van der Waals surface area contributed by atoms with Crippen molar-refractivity contribution in [1.29, 1.82) is 0 Å². The third-order valence-corrected chi connectivity index (χ3v) is 1.81. The predicted molar refractivity (Wildman–Crippen MR) is 49.1 cm³/mol. The van der Waals surface area contributed by atoms with Crippen molar-refractivity contribution in [2.45, 2.75) is 6.42 Å². The van der Waals surface area contributed by atoms with E-state index in [9.17, 15) is 4.79 Å². The van der Waals surface area contributed by atoms with Crippen molar-refractivity contribution >= 4 is 5.69 Å². The molecule has 1 N–H and O–H groups in total. The Morgan fingerprint density at radius 1 is 1.69 bits per heavy atom. The first kappa shape index (κ1) is 9.85. The highest BCUT2D eigenvalue weighted by atomic mass is 16.5. The molecule has 1 aromatic rings. The van der Waals surface area contributed by atoms with Crippen LogP contribution in [0.25, 0.3) is 0 Å². The molecular weight excluding hydrogens is 172 g/mol. The molecule has 0 amide bonds. The molecule has 1 rings (SSSR count). The summed E-state index contributed by atoms with van der Waals surface area (Å²) in [5.74, 6) is 0. The van der Waals surface area contributed by atoms with E-state index in [1.165, 1.54) is 0 Å². The number of rotatable bonds is 5. The van der Waals surface area contributed by atoms with Crippen molar-refractivity contribution in [1.82, 2.24) is 5.16 Å². The SMILES string of the molecule is COCCCN(C)c1c[nH]oc1=O. The van der Waals surface area contributed by atoms with Crippen LogP contribution in [0.3, 0.4) is 0 Å². The fraction of sp³-hybridized carbons (Fsp3) is 0.625. The lowest BCUT2D eigenvalue weighted by atomic mass is 10.4. The summed E-state index contributed by atoms with van der Waals surface area (Å²) in [6, 6.07) is 0. The normalized spacial score (nSPS) is 10.3. The van der Waals surface area contributed by atoms with Gasteiger partial charge >= 0.3 is 5.63 Å². The number of nitrogens with one attached hydrogen (secondary N) is 1. The number of methoxy groups -OCH3 is 1. The topological polar surface area (TPSA) is 58.5 Å². The summed E-state index contributed by atoms with van der Waals surface area (Å²) in [6.07, 6.45) is 2.44. The molecule has 0 atom stereocenters. The first-order valence-electron chi connectivity index (χ1n) is 4.12. The minimum absolute atomic E-state index is 0.333. The van der Waals surface area contributed by atoms with Crippen LogP contribution in [-0.2, 0) is 4.74 Å². The second kappa shape index (κ2) is 4.71. The van der Waals surface area contributed by atoms with Gasteiger partial charge in [0.1, 0.15) is 5.69 Å². The number of aromatic amines is 1. The summed E-state index contributed by atoms with van der Waals surface area (Å²) < 4.78 is 9.44. The molecule has 0 unspecified atom stereocenters. The van der Waals surface area contributed by atoms with Gasteiger partial charge < -0.3 is 14.2 Å². The summed E-state index contributed by atoms with van der Waals surface area (Å²) in [6.45, 7) is 1.47. The van der Waals surface area contributed by atoms with E-state index < -0.39 is 0 Å². The molecule has 0 bridgehead atoms. The Hall–Kier alpha value is -1.23. The maximum absolute atomic E-state index is 11.0. The van der Waals surface area contributed by atoms with Gasteiger partial charge in [-0.15, -0.1) is 0 Å². The quantitative estimate of drug-likeness (QED) is 0.678. The molecular formula is C8H14N2O3. The number of ether oxygens (including phenoxy) is 1. The molecule has 0 fully saturated rings. The number of aromatic nitrogens is 1. The highest BCUT2D eigenvalue weighted by Gasteiger charge is 2.07. The minimum Gasteiger partial charge on any atom is -0.385 e. The maximum atomic E-state index is 11.0. The van der Waals surface area contributed by atoms with Crippen LogP contribution in [0.5, 0.6) is 0 Å². The molecule has 0 saturated carbocycles. The Morgan fingerprint density at radius 3 is 3.00 bits per heavy atom. The highest BCUT2D eigenvalue weighted by Crippen LogP contribution is 2.03. The van der Waals surface area contributed by atoms with E-state index in [-0.39, 0.29) is 5.63 Å². The van der Waals surface area contributed by atoms with Crippen molar-refractivity contribution in [2.24, 2.45) is 0 Å². The Morgan fingerprint density at radius 2 is 2.46 bits per heavy atom. The Kier molecular flexibility index (Phi) is 3.57. The molecule has 1 heterocycles. The van der Waals surface area contributed by atoms with Gasteiger partial charge in [-0.3, -0.25) is 0 Å². The standard InChI is InChI=1S/C8H14N2O3/c1-10(4-3-5-12-2)7-6-9-13-8(7)11/h6,9H,3-5H2,1-2H3. The van der Waals surface area contributed by atoms with Gasteiger partial charge in [0.05, 0.1) is 6.20 Å². The molecule has 5 nitrogen and oxygen atoms in total. The monoisotopic (exact) mass is 186 g/mol. The zero-order valence-corrected chi connectivity index (χ0v) is 7.87. The molecule has 5 heteroatoms. The maximum Gasteiger partial charge on any atom is 0.380 e. The third-order valence-electron chi connectivity index (χ3n) is 1.81. The average Bonchev–Trinajstić information content (AvgIpc) is 2.52. The van der Waals surface area contributed by atoms with Crippen molar-refractivity contribution in [2.75, 3.05) is 32.2 Å². The van der Waals surface area contributed by atoms with Gasteiger partial charge in [0, 0.05) is 27.3 Å². The van der Waals surface area contributed by atoms with Crippen LogP contribution in [0, 0.1) is 0 Å². The Balaban J connectivity index is 2.44. The van der Waals surface area contributed by atoms with Gasteiger partial charge in [0.15, 0.2) is 0 Å². The summed E-state index contributed by atoms with van der Waals surface area (Å²) >= 11 is 0. The van der Waals surface area contributed by atoms with Crippen LogP contribution in [-0.4, -0.2) is 32.5 Å². The summed E-state index contributed by atoms with van der Waals surface area (Å²) in [5.41, 5.74) is 0.219. The lowest BCUT2D eigenvalue weighted by Crippen LogP contribution is -2.23. The first-order chi connectivity index (χ1) is 6.25. The van der Waals surface area contributed by atoms with Crippen molar-refractivity contribution < 1.29 is 9.26 Å². The molecule has 0 aliphatic carbocycles. The number of hydrogen-bond acceptors (Lipinski definition) is 4. The Labute approximate surface area is 76.3 Å². The number of H-pyrrole nitrogens is 1. The molecule has 0 spiro atoms. The molecule has 0 aliphatic heterocycles. The van der Waals surface area contributed by atoms with Crippen LogP contribution in [0.4, 0.5) is 5.69 Å². The number of hydrogen-bond donors (Lipinski definition) is 1. The molecule has 74 valence electrons. The smallest absolute Gasteiger partial charge is 0.380 e. The second-order valence-corrected chi connectivity index (χ2v) is 2.80. The largest absolute Gasteiger partial charge is 0.385 e. The average molecular weight is 186 g/mol. The zero-order valence-electron chi connectivity index (χ0n) is 7.87. The number of anilines is 1. The van der Waals surface area contributed by atoms with Gasteiger partial charge in [-0.05, 0) is 6.42 Å². The van der Waals surface area contributed by atoms with Gasteiger partial charge in [0.2, 0.25) is 0 Å². The fourth-order valence-electron chi connectivity index (χ4n) is 1.08. The van der Waals surface area contributed by atoms with E-state index in [2.05, 4.69) is 9.68 Å². The summed E-state index contributed by atoms with van der Waals surface area (Å²) in [4.78, 5) is 12.9. The van der Waals surface area contributed by atoms with E-state index in [1.807, 2.05) is 11.9 Å². The van der Waals surface area contributed by atoms with Crippen molar-refractivity contribution in [3.63, 3.8) is 0 Å². The predicted octanol–water partition coefficient (Wildman–Crippen LogP) is 0.441. The minimum atomic E-state index is -0.333. The fourth-order valence-corrected chi connectivity index (χ4v) is 1.08. The van der Waals surface area contributed by atoms with Gasteiger partial charge in [-0.2, -0.15) is 0 Å². The highest BCUT2D eigenvalue weighted by molar-refractivity contribution is 5.39. The summed E-state index contributed by atoms with van der Waals surface area (Å²) in [5, 5.41) is 2.41. The molecule has 0 aromatic carbocycles. The molecule has 0 saturated heterocycles. The summed E-state index contributed by atoms with van der Waals surface area (Å²) in [7, 11) is 3.50. The molecule has 0 radical (unpaired) electrons. The van der Waals surface area contributed by atoms with Crippen LogP contribution in [0.2, 0.25) is 0 Å². The second-order valence-electron chi connectivity index (χ2n) is 2.80. The van der Waals surface area contributed by atoms with Crippen LogP contribution in [0.15, 0.2) is 15.5 Å². The van der Waals surface area contributed by atoms with E-state index in [0.29, 0.717) is 12.3 Å². The van der Waals surface area contributed by atoms with Crippen LogP contribution in [0.1, 0.15) is 6.42 Å². The van der Waals surface area contributed by atoms with Gasteiger partial charge in [0.25, 0.3) is 0 Å². The first-order valence-corrected chi connectivity index (χ1v) is 4.12. The van der Waals surface area contributed by atoms with Gasteiger partial charge in [-0.1, -0.05) is 0 Å². The van der Waals surface area contributed by atoms with E-state index in [1.54, 1.807) is 13.3 Å². The van der Waals surface area contributed by atoms with Gasteiger partial charge in [-0.25, -0.2) is 9.95 Å². The molecule has 1 aromatic heterocycles. The molecule has 0 aliphatic rings. The lowest BCUT2D eigenvalue weighted by Gasteiger charge is -2.14. The Bertz CT molecular complexity index is 292. The van der Waals surface area contributed by atoms with E-state index >= 15 is 0 Å². The lowest BCUT2D eigenvalue weighted by molar-refractivity contribution is 0.196.